The van der Waals surface area contributed by atoms with Crippen molar-refractivity contribution in [2.24, 2.45) is 5.92 Å². The molecule has 0 unspecified atom stereocenters. The summed E-state index contributed by atoms with van der Waals surface area (Å²) in [6.45, 7) is 0.785. The second kappa shape index (κ2) is 7.84. The van der Waals surface area contributed by atoms with Crippen LogP contribution in [0, 0.1) is 17.1 Å². The zero-order valence-electron chi connectivity index (χ0n) is 16.9. The van der Waals surface area contributed by atoms with E-state index < -0.39 is 0 Å². The van der Waals surface area contributed by atoms with Crippen LogP contribution in [0.15, 0.2) is 66.7 Å². The summed E-state index contributed by atoms with van der Waals surface area (Å²) in [7, 11) is 0. The normalized spacial score (nSPS) is 13.3. The molecular formula is C26H22FN3O. The zero-order chi connectivity index (χ0) is 21.4. The van der Waals surface area contributed by atoms with Gasteiger partial charge in [-0.2, -0.15) is 0 Å². The molecule has 1 aliphatic carbocycles. The average molecular weight is 411 g/mol. The summed E-state index contributed by atoms with van der Waals surface area (Å²) in [4.78, 5) is 4.66. The van der Waals surface area contributed by atoms with E-state index in [4.69, 9.17) is 15.9 Å². The number of nitrogens with one attached hydrogen (secondary N) is 1. The number of aromatic nitrogens is 1. The van der Waals surface area contributed by atoms with Crippen LogP contribution < -0.4 is 10.5 Å². The molecular weight excluding hydrogens is 389 g/mol. The molecule has 31 heavy (non-hydrogen) atoms. The van der Waals surface area contributed by atoms with Crippen molar-refractivity contribution < 1.29 is 9.13 Å². The van der Waals surface area contributed by atoms with Gasteiger partial charge in [-0.25, -0.2) is 9.37 Å². The number of nitrogens with zero attached hydrogens (tertiary/aromatic N) is 1. The largest absolute Gasteiger partial charge is 0.493 e. The highest BCUT2D eigenvalue weighted by Crippen LogP contribution is 2.33. The van der Waals surface area contributed by atoms with E-state index in [-0.39, 0.29) is 5.82 Å². The van der Waals surface area contributed by atoms with Gasteiger partial charge in [0.1, 0.15) is 11.6 Å². The number of rotatable bonds is 6. The zero-order valence-corrected chi connectivity index (χ0v) is 16.9. The highest BCUT2D eigenvalue weighted by molar-refractivity contribution is 6.04. The summed E-state index contributed by atoms with van der Waals surface area (Å²) >= 11 is 0. The Morgan fingerprint density at radius 2 is 1.77 bits per heavy atom. The lowest BCUT2D eigenvalue weighted by Gasteiger charge is -2.12. The standard InChI is InChI=1S/C26H22FN3O/c27-20-10-11-24-22(13-20)25(29)23(14-28)26(30-24)18-8-6-17(7-9-18)19-2-1-3-21(12-19)31-15-16-4-5-16/h1-3,6-14,16,28H,4-5,15H2,(H2,29,30). The first-order valence-electron chi connectivity index (χ1n) is 10.4. The third-order valence-corrected chi connectivity index (χ3v) is 5.68. The molecule has 1 aromatic heterocycles. The summed E-state index contributed by atoms with van der Waals surface area (Å²) < 4.78 is 19.6. The van der Waals surface area contributed by atoms with Crippen molar-refractivity contribution in [1.29, 1.82) is 5.41 Å². The van der Waals surface area contributed by atoms with E-state index in [1.54, 1.807) is 6.07 Å². The molecule has 0 bridgehead atoms. The molecule has 154 valence electrons. The number of nitrogen functional groups attached to an aromatic ring is 1. The van der Waals surface area contributed by atoms with E-state index in [1.807, 2.05) is 36.4 Å². The van der Waals surface area contributed by atoms with Gasteiger partial charge in [-0.3, -0.25) is 0 Å². The maximum atomic E-state index is 13.7. The van der Waals surface area contributed by atoms with Crippen molar-refractivity contribution in [3.05, 3.63) is 78.1 Å². The quantitative estimate of drug-likeness (QED) is 0.378. The smallest absolute Gasteiger partial charge is 0.124 e. The average Bonchev–Trinajstić information content (AvgIpc) is 3.63. The van der Waals surface area contributed by atoms with Crippen LogP contribution in [0.3, 0.4) is 0 Å². The molecule has 0 amide bonds. The molecule has 1 aliphatic rings. The molecule has 0 saturated heterocycles. The molecule has 3 N–H and O–H groups in total. The Morgan fingerprint density at radius 3 is 2.52 bits per heavy atom. The van der Waals surface area contributed by atoms with Crippen molar-refractivity contribution in [2.75, 3.05) is 12.3 Å². The Hall–Kier alpha value is -3.73. The number of benzene rings is 3. The lowest BCUT2D eigenvalue weighted by atomic mass is 9.98. The number of hydrogen-bond acceptors (Lipinski definition) is 4. The third-order valence-electron chi connectivity index (χ3n) is 5.68. The summed E-state index contributed by atoms with van der Waals surface area (Å²) in [6, 6.07) is 20.4. The number of ether oxygens (including phenoxy) is 1. The molecule has 3 aromatic carbocycles. The van der Waals surface area contributed by atoms with Crippen LogP contribution in [0.5, 0.6) is 5.75 Å². The van der Waals surface area contributed by atoms with Gasteiger partial charge >= 0.3 is 0 Å². The Labute approximate surface area is 180 Å². The minimum absolute atomic E-state index is 0.360. The summed E-state index contributed by atoms with van der Waals surface area (Å²) in [5.41, 5.74) is 11.3. The van der Waals surface area contributed by atoms with Gasteiger partial charge in [0.2, 0.25) is 0 Å². The fourth-order valence-electron chi connectivity index (χ4n) is 3.73. The van der Waals surface area contributed by atoms with Crippen LogP contribution in [0.2, 0.25) is 0 Å². The number of pyridine rings is 1. The molecule has 0 atom stereocenters. The predicted molar refractivity (Wildman–Crippen MR) is 123 cm³/mol. The lowest BCUT2D eigenvalue weighted by molar-refractivity contribution is 0.300. The van der Waals surface area contributed by atoms with Gasteiger partial charge in [0, 0.05) is 22.7 Å². The fraction of sp³-hybridized carbons (Fsp3) is 0.154. The van der Waals surface area contributed by atoms with Gasteiger partial charge in [0.25, 0.3) is 0 Å². The Morgan fingerprint density at radius 1 is 1.00 bits per heavy atom. The van der Waals surface area contributed by atoms with E-state index >= 15 is 0 Å². The fourth-order valence-corrected chi connectivity index (χ4v) is 3.73. The highest BCUT2D eigenvalue weighted by Gasteiger charge is 2.22. The SMILES string of the molecule is N=Cc1c(-c2ccc(-c3cccc(OCC4CC4)c3)cc2)nc2ccc(F)cc2c1N. The summed E-state index contributed by atoms with van der Waals surface area (Å²) in [5, 5.41) is 8.34. The second-order valence-corrected chi connectivity index (χ2v) is 7.95. The van der Waals surface area contributed by atoms with Crippen molar-refractivity contribution >= 4 is 22.8 Å². The first kappa shape index (κ1) is 19.2. The molecule has 4 aromatic rings. The second-order valence-electron chi connectivity index (χ2n) is 7.95. The maximum absolute atomic E-state index is 13.7. The summed E-state index contributed by atoms with van der Waals surface area (Å²) in [5.74, 6) is 1.22. The van der Waals surface area contributed by atoms with Gasteiger partial charge < -0.3 is 15.9 Å². The van der Waals surface area contributed by atoms with E-state index in [1.165, 1.54) is 31.2 Å². The number of fused-ring (bicyclic) bond motifs is 1. The van der Waals surface area contributed by atoms with Gasteiger partial charge in [-0.15, -0.1) is 0 Å². The summed E-state index contributed by atoms with van der Waals surface area (Å²) in [6.07, 6.45) is 3.71. The van der Waals surface area contributed by atoms with E-state index in [0.29, 0.717) is 33.8 Å². The van der Waals surface area contributed by atoms with Crippen LogP contribution in [0.1, 0.15) is 18.4 Å². The Balaban J connectivity index is 1.49. The maximum Gasteiger partial charge on any atom is 0.124 e. The van der Waals surface area contributed by atoms with Crippen molar-refractivity contribution in [3.8, 4) is 28.1 Å². The molecule has 1 fully saturated rings. The molecule has 1 saturated carbocycles. The van der Waals surface area contributed by atoms with Crippen LogP contribution in [0.25, 0.3) is 33.3 Å². The third kappa shape index (κ3) is 3.87. The molecule has 5 heteroatoms. The number of anilines is 1. The molecule has 0 radical (unpaired) electrons. The molecule has 0 aliphatic heterocycles. The first-order chi connectivity index (χ1) is 15.1. The predicted octanol–water partition coefficient (Wildman–Crippen LogP) is 6.08. The monoisotopic (exact) mass is 411 g/mol. The lowest BCUT2D eigenvalue weighted by Crippen LogP contribution is -2.01. The van der Waals surface area contributed by atoms with Crippen LogP contribution in [-0.2, 0) is 0 Å². The minimum atomic E-state index is -0.377. The molecule has 5 rings (SSSR count). The molecule has 0 spiro atoms. The van der Waals surface area contributed by atoms with Crippen molar-refractivity contribution in [2.45, 2.75) is 12.8 Å². The Bertz CT molecular complexity index is 1280. The van der Waals surface area contributed by atoms with Crippen LogP contribution >= 0.6 is 0 Å². The first-order valence-corrected chi connectivity index (χ1v) is 10.4. The van der Waals surface area contributed by atoms with Gasteiger partial charge in [0.05, 0.1) is 23.5 Å². The van der Waals surface area contributed by atoms with Crippen LogP contribution in [-0.4, -0.2) is 17.8 Å². The van der Waals surface area contributed by atoms with Gasteiger partial charge in [0.15, 0.2) is 0 Å². The van der Waals surface area contributed by atoms with E-state index in [9.17, 15) is 4.39 Å². The molecule has 4 nitrogen and oxygen atoms in total. The number of halogens is 1. The number of hydrogen-bond donors (Lipinski definition) is 2. The van der Waals surface area contributed by atoms with Gasteiger partial charge in [-0.05, 0) is 60.2 Å². The number of nitrogens with two attached hydrogens (primary N) is 1. The van der Waals surface area contributed by atoms with Gasteiger partial charge in [-0.1, -0.05) is 36.4 Å². The van der Waals surface area contributed by atoms with E-state index in [2.05, 4.69) is 17.1 Å². The Kier molecular flexibility index (Phi) is 4.86. The van der Waals surface area contributed by atoms with Crippen molar-refractivity contribution in [1.82, 2.24) is 4.98 Å². The van der Waals surface area contributed by atoms with Crippen molar-refractivity contribution in [3.63, 3.8) is 0 Å². The topological polar surface area (TPSA) is 72.0 Å². The highest BCUT2D eigenvalue weighted by atomic mass is 19.1. The van der Waals surface area contributed by atoms with E-state index in [0.717, 1.165) is 29.0 Å². The van der Waals surface area contributed by atoms with Crippen LogP contribution in [0.4, 0.5) is 10.1 Å². The molecule has 1 heterocycles. The minimum Gasteiger partial charge on any atom is -0.493 e.